The molecule has 8 nitrogen and oxygen atoms in total. The number of nitro benzene ring substituents is 1. The van der Waals surface area contributed by atoms with Crippen molar-refractivity contribution in [2.24, 2.45) is 0 Å². The number of benzene rings is 2. The van der Waals surface area contributed by atoms with Crippen LogP contribution in [0.25, 0.3) is 0 Å². The molecule has 0 radical (unpaired) electrons. The van der Waals surface area contributed by atoms with E-state index in [0.717, 1.165) is 30.0 Å². The van der Waals surface area contributed by atoms with Crippen molar-refractivity contribution >= 4 is 23.3 Å². The quantitative estimate of drug-likeness (QED) is 0.437. The predicted molar refractivity (Wildman–Crippen MR) is 103 cm³/mol. The summed E-state index contributed by atoms with van der Waals surface area (Å²) in [5, 5.41) is 17.0. The Morgan fingerprint density at radius 3 is 2.79 bits per heavy atom. The number of esters is 1. The summed E-state index contributed by atoms with van der Waals surface area (Å²) in [4.78, 5) is 34.2. The van der Waals surface area contributed by atoms with E-state index in [9.17, 15) is 24.1 Å². The van der Waals surface area contributed by atoms with Crippen LogP contribution in [0.2, 0.25) is 0 Å². The summed E-state index contributed by atoms with van der Waals surface area (Å²) in [5.74, 6) is -1.62. The van der Waals surface area contributed by atoms with Gasteiger partial charge in [-0.25, -0.2) is 4.39 Å². The van der Waals surface area contributed by atoms with Crippen LogP contribution in [-0.4, -0.2) is 30.5 Å². The van der Waals surface area contributed by atoms with E-state index in [0.29, 0.717) is 6.42 Å². The van der Waals surface area contributed by atoms with Gasteiger partial charge in [0.2, 0.25) is 0 Å². The molecule has 0 saturated carbocycles. The van der Waals surface area contributed by atoms with Crippen molar-refractivity contribution in [3.05, 3.63) is 69.0 Å². The summed E-state index contributed by atoms with van der Waals surface area (Å²) in [6.07, 6.45) is 2.41. The Hall–Kier alpha value is -3.49. The van der Waals surface area contributed by atoms with Gasteiger partial charge in [-0.1, -0.05) is 6.07 Å². The number of nitrogens with one attached hydrogen (secondary N) is 2. The lowest BCUT2D eigenvalue weighted by Crippen LogP contribution is -2.30. The number of nitro groups is 1. The van der Waals surface area contributed by atoms with Crippen LogP contribution < -0.4 is 10.6 Å². The zero-order valence-corrected chi connectivity index (χ0v) is 15.7. The molecule has 0 aliphatic heterocycles. The van der Waals surface area contributed by atoms with Crippen molar-refractivity contribution in [1.82, 2.24) is 5.32 Å². The van der Waals surface area contributed by atoms with Crippen LogP contribution in [0.3, 0.4) is 0 Å². The molecule has 2 N–H and O–H groups in total. The summed E-state index contributed by atoms with van der Waals surface area (Å²) >= 11 is 0. The first-order chi connectivity index (χ1) is 13.9. The van der Waals surface area contributed by atoms with E-state index >= 15 is 0 Å². The second-order valence-corrected chi connectivity index (χ2v) is 6.68. The average molecular weight is 401 g/mol. The third kappa shape index (κ3) is 4.68. The number of nitrogens with zero attached hydrogens (tertiary/aromatic N) is 1. The van der Waals surface area contributed by atoms with Gasteiger partial charge in [-0.05, 0) is 54.7 Å². The lowest BCUT2D eigenvalue weighted by atomic mass is 9.87. The van der Waals surface area contributed by atoms with Crippen LogP contribution in [-0.2, 0) is 16.0 Å². The molecule has 3 rings (SSSR count). The monoisotopic (exact) mass is 401 g/mol. The fourth-order valence-electron chi connectivity index (χ4n) is 3.38. The van der Waals surface area contributed by atoms with Crippen LogP contribution >= 0.6 is 0 Å². The van der Waals surface area contributed by atoms with Crippen molar-refractivity contribution < 1.29 is 23.6 Å². The molecule has 29 heavy (non-hydrogen) atoms. The molecular weight excluding hydrogens is 381 g/mol. The third-order valence-corrected chi connectivity index (χ3v) is 4.83. The van der Waals surface area contributed by atoms with Crippen LogP contribution in [0.15, 0.2) is 36.4 Å². The minimum atomic E-state index is -0.630. The standard InChI is InChI=1S/C20H20FN3O5/c1-29-19(25)11-22-20(26)13-6-8-17(18(9-13)24(27)28)23-16-4-2-3-12-5-7-14(21)10-15(12)16/h5-10,16,23H,2-4,11H2,1H3,(H,22,26). The first-order valence-corrected chi connectivity index (χ1v) is 9.07. The molecule has 1 unspecified atom stereocenters. The number of methoxy groups -OCH3 is 1. The number of fused-ring (bicyclic) bond motifs is 1. The minimum absolute atomic E-state index is 0.0428. The lowest BCUT2D eigenvalue weighted by Gasteiger charge is -2.27. The molecule has 1 aliphatic rings. The molecule has 0 heterocycles. The number of carbonyl (C=O) groups is 2. The van der Waals surface area contributed by atoms with Gasteiger partial charge in [-0.15, -0.1) is 0 Å². The van der Waals surface area contributed by atoms with Crippen molar-refractivity contribution in [3.63, 3.8) is 0 Å². The molecule has 9 heteroatoms. The Morgan fingerprint density at radius 1 is 1.28 bits per heavy atom. The van der Waals surface area contributed by atoms with E-state index in [1.54, 1.807) is 6.07 Å². The summed E-state index contributed by atoms with van der Waals surface area (Å²) < 4.78 is 18.1. The molecular formula is C20H20FN3O5. The molecule has 0 aromatic heterocycles. The molecule has 152 valence electrons. The van der Waals surface area contributed by atoms with E-state index in [2.05, 4.69) is 15.4 Å². The highest BCUT2D eigenvalue weighted by molar-refractivity contribution is 5.97. The second kappa shape index (κ2) is 8.68. The highest BCUT2D eigenvalue weighted by atomic mass is 19.1. The van der Waals surface area contributed by atoms with Gasteiger partial charge in [0.1, 0.15) is 18.0 Å². The van der Waals surface area contributed by atoms with E-state index in [4.69, 9.17) is 0 Å². The number of ether oxygens (including phenoxy) is 1. The van der Waals surface area contributed by atoms with Crippen LogP contribution in [0.5, 0.6) is 0 Å². The fraction of sp³-hybridized carbons (Fsp3) is 0.300. The van der Waals surface area contributed by atoms with Crippen molar-refractivity contribution in [2.75, 3.05) is 19.0 Å². The molecule has 2 aromatic carbocycles. The van der Waals surface area contributed by atoms with Gasteiger partial charge in [-0.2, -0.15) is 0 Å². The van der Waals surface area contributed by atoms with E-state index in [-0.39, 0.29) is 35.3 Å². The molecule has 1 aliphatic carbocycles. The molecule has 0 spiro atoms. The highest BCUT2D eigenvalue weighted by Crippen LogP contribution is 2.36. The van der Waals surface area contributed by atoms with Crippen molar-refractivity contribution in [1.29, 1.82) is 0 Å². The number of hydrogen-bond donors (Lipinski definition) is 2. The molecule has 0 saturated heterocycles. The van der Waals surface area contributed by atoms with Crippen LogP contribution in [0, 0.1) is 15.9 Å². The topological polar surface area (TPSA) is 111 Å². The van der Waals surface area contributed by atoms with E-state index in [1.165, 1.54) is 31.4 Å². The Kier molecular flexibility index (Phi) is 6.06. The number of hydrogen-bond acceptors (Lipinski definition) is 6. The highest BCUT2D eigenvalue weighted by Gasteiger charge is 2.25. The Labute approximate surface area is 166 Å². The molecule has 1 amide bonds. The molecule has 2 aromatic rings. The molecule has 0 bridgehead atoms. The maximum atomic E-state index is 13.7. The number of rotatable bonds is 6. The Morgan fingerprint density at radius 2 is 2.07 bits per heavy atom. The van der Waals surface area contributed by atoms with Crippen molar-refractivity contribution in [3.8, 4) is 0 Å². The number of halogens is 1. The number of anilines is 1. The summed E-state index contributed by atoms with van der Waals surface area (Å²) in [6.45, 7) is -0.340. The smallest absolute Gasteiger partial charge is 0.325 e. The van der Waals surface area contributed by atoms with Gasteiger partial charge in [0.05, 0.1) is 18.1 Å². The zero-order valence-electron chi connectivity index (χ0n) is 15.7. The Bertz CT molecular complexity index is 963. The zero-order chi connectivity index (χ0) is 21.0. The van der Waals surface area contributed by atoms with Gasteiger partial charge in [-0.3, -0.25) is 19.7 Å². The van der Waals surface area contributed by atoms with Gasteiger partial charge >= 0.3 is 5.97 Å². The third-order valence-electron chi connectivity index (χ3n) is 4.83. The van der Waals surface area contributed by atoms with E-state index < -0.39 is 16.8 Å². The first kappa shape index (κ1) is 20.2. The van der Waals surface area contributed by atoms with Gasteiger partial charge < -0.3 is 15.4 Å². The maximum absolute atomic E-state index is 13.7. The van der Waals surface area contributed by atoms with Gasteiger partial charge in [0.15, 0.2) is 0 Å². The Balaban J connectivity index is 1.84. The van der Waals surface area contributed by atoms with E-state index in [1.807, 2.05) is 0 Å². The average Bonchev–Trinajstić information content (AvgIpc) is 2.72. The first-order valence-electron chi connectivity index (χ1n) is 9.07. The second-order valence-electron chi connectivity index (χ2n) is 6.68. The summed E-state index contributed by atoms with van der Waals surface area (Å²) in [7, 11) is 1.19. The number of aryl methyl sites for hydroxylation is 1. The lowest BCUT2D eigenvalue weighted by molar-refractivity contribution is -0.384. The fourth-order valence-corrected chi connectivity index (χ4v) is 3.38. The summed E-state index contributed by atoms with van der Waals surface area (Å²) in [5.41, 5.74) is 1.80. The largest absolute Gasteiger partial charge is 0.468 e. The minimum Gasteiger partial charge on any atom is -0.468 e. The number of carbonyl (C=O) groups excluding carboxylic acids is 2. The van der Waals surface area contributed by atoms with Crippen LogP contribution in [0.1, 0.15) is 40.4 Å². The predicted octanol–water partition coefficient (Wildman–Crippen LogP) is 3.13. The number of amides is 1. The van der Waals surface area contributed by atoms with Crippen molar-refractivity contribution in [2.45, 2.75) is 25.3 Å². The molecule has 1 atom stereocenters. The van der Waals surface area contributed by atoms with Gasteiger partial charge in [0, 0.05) is 11.6 Å². The van der Waals surface area contributed by atoms with Crippen LogP contribution in [0.4, 0.5) is 15.8 Å². The maximum Gasteiger partial charge on any atom is 0.325 e. The SMILES string of the molecule is COC(=O)CNC(=O)c1ccc(NC2CCCc3ccc(F)cc32)c([N+](=O)[O-])c1. The molecule has 0 fully saturated rings. The summed E-state index contributed by atoms with van der Waals surface area (Å²) in [6, 6.07) is 8.34. The normalized spacial score (nSPS) is 15.2. The van der Waals surface area contributed by atoms with Gasteiger partial charge in [0.25, 0.3) is 11.6 Å².